The van der Waals surface area contributed by atoms with Crippen LogP contribution in [-0.2, 0) is 9.59 Å². The quantitative estimate of drug-likeness (QED) is 0.720. The molecule has 2 fully saturated rings. The van der Waals surface area contributed by atoms with Crippen LogP contribution in [0.25, 0.3) is 0 Å². The summed E-state index contributed by atoms with van der Waals surface area (Å²) < 4.78 is 0. The summed E-state index contributed by atoms with van der Waals surface area (Å²) in [6.45, 7) is 3.29. The van der Waals surface area contributed by atoms with Crippen molar-refractivity contribution in [2.75, 3.05) is 46.8 Å². The Morgan fingerprint density at radius 2 is 1.74 bits per heavy atom. The van der Waals surface area contributed by atoms with Crippen LogP contribution in [0.4, 0.5) is 0 Å². The molecule has 0 aromatic rings. The van der Waals surface area contributed by atoms with Crippen LogP contribution in [0.5, 0.6) is 0 Å². The topological polar surface area (TPSA) is 69.9 Å². The van der Waals surface area contributed by atoms with Gasteiger partial charge in [-0.05, 0) is 19.3 Å². The molecule has 6 nitrogen and oxygen atoms in total. The van der Waals surface area contributed by atoms with Crippen LogP contribution in [-0.4, -0.2) is 78.9 Å². The highest BCUT2D eigenvalue weighted by atomic mass is 16.2. The van der Waals surface area contributed by atoms with Crippen LogP contribution < -0.4 is 5.73 Å². The van der Waals surface area contributed by atoms with Crippen molar-refractivity contribution in [1.82, 2.24) is 14.7 Å². The number of hydrogen-bond acceptors (Lipinski definition) is 4. The van der Waals surface area contributed by atoms with Gasteiger partial charge in [-0.1, -0.05) is 0 Å². The van der Waals surface area contributed by atoms with Gasteiger partial charge in [0.2, 0.25) is 11.8 Å². The number of carbonyl (C=O) groups excluding carboxylic acids is 2. The minimum Gasteiger partial charge on any atom is -0.348 e. The second-order valence-electron chi connectivity index (χ2n) is 5.87. The third kappa shape index (κ3) is 3.06. The van der Waals surface area contributed by atoms with Crippen molar-refractivity contribution in [2.45, 2.75) is 24.8 Å². The lowest BCUT2D eigenvalue weighted by molar-refractivity contribution is -0.142. The molecule has 19 heavy (non-hydrogen) atoms. The summed E-state index contributed by atoms with van der Waals surface area (Å²) in [5, 5.41) is 0. The Kier molecular flexibility index (Phi) is 4.10. The van der Waals surface area contributed by atoms with E-state index in [4.69, 9.17) is 5.73 Å². The van der Waals surface area contributed by atoms with Gasteiger partial charge in [-0.25, -0.2) is 0 Å². The van der Waals surface area contributed by atoms with E-state index >= 15 is 0 Å². The third-order valence-corrected chi connectivity index (χ3v) is 4.19. The van der Waals surface area contributed by atoms with Crippen molar-refractivity contribution in [3.8, 4) is 0 Å². The number of hydrogen-bond donors (Lipinski definition) is 1. The highest BCUT2D eigenvalue weighted by Gasteiger charge is 2.43. The predicted molar refractivity (Wildman–Crippen MR) is 72.5 cm³/mol. The first-order valence-electron chi connectivity index (χ1n) is 6.93. The minimum atomic E-state index is -0.596. The van der Waals surface area contributed by atoms with Crippen molar-refractivity contribution < 1.29 is 9.59 Å². The van der Waals surface area contributed by atoms with Crippen LogP contribution in [0.3, 0.4) is 0 Å². The van der Waals surface area contributed by atoms with Gasteiger partial charge in [0.15, 0.2) is 0 Å². The maximum atomic E-state index is 12.2. The van der Waals surface area contributed by atoms with E-state index in [2.05, 4.69) is 4.90 Å². The smallest absolute Gasteiger partial charge is 0.242 e. The van der Waals surface area contributed by atoms with Crippen LogP contribution >= 0.6 is 0 Å². The maximum absolute atomic E-state index is 12.2. The Morgan fingerprint density at radius 3 is 2.16 bits per heavy atom. The van der Waals surface area contributed by atoms with E-state index in [0.29, 0.717) is 19.6 Å². The molecule has 0 radical (unpaired) electrons. The summed E-state index contributed by atoms with van der Waals surface area (Å²) in [5.41, 5.74) is 5.47. The van der Waals surface area contributed by atoms with E-state index in [0.717, 1.165) is 32.4 Å². The van der Waals surface area contributed by atoms with Gasteiger partial charge < -0.3 is 15.5 Å². The molecule has 6 heteroatoms. The van der Waals surface area contributed by atoms with Gasteiger partial charge in [0, 0.05) is 40.3 Å². The number of rotatable bonds is 3. The highest BCUT2D eigenvalue weighted by molar-refractivity contribution is 5.87. The SMILES string of the molecule is CN(C)C(=O)CN1CCN(C(=O)C2(N)CCC2)CC1. The van der Waals surface area contributed by atoms with E-state index in [1.165, 1.54) is 0 Å². The van der Waals surface area contributed by atoms with Gasteiger partial charge in [-0.3, -0.25) is 14.5 Å². The molecule has 0 aromatic heterocycles. The molecule has 0 unspecified atom stereocenters. The van der Waals surface area contributed by atoms with Crippen molar-refractivity contribution in [3.05, 3.63) is 0 Å². The number of likely N-dealkylation sites (N-methyl/N-ethyl adjacent to an activating group) is 1. The van der Waals surface area contributed by atoms with Crippen molar-refractivity contribution in [1.29, 1.82) is 0 Å². The number of nitrogens with two attached hydrogens (primary N) is 1. The molecule has 2 N–H and O–H groups in total. The van der Waals surface area contributed by atoms with Crippen molar-refractivity contribution in [2.24, 2.45) is 5.73 Å². The summed E-state index contributed by atoms with van der Waals surface area (Å²) in [4.78, 5) is 29.4. The standard InChI is InChI=1S/C13H24N4O2/c1-15(2)11(18)10-16-6-8-17(9-7-16)12(19)13(14)4-3-5-13/h3-10,14H2,1-2H3. The molecule has 0 bridgehead atoms. The van der Waals surface area contributed by atoms with E-state index < -0.39 is 5.54 Å². The molecule has 1 aliphatic carbocycles. The van der Waals surface area contributed by atoms with Gasteiger partial charge in [-0.15, -0.1) is 0 Å². The molecule has 2 rings (SSSR count). The predicted octanol–water partition coefficient (Wildman–Crippen LogP) is -0.900. The van der Waals surface area contributed by atoms with Crippen molar-refractivity contribution in [3.63, 3.8) is 0 Å². The molecule has 0 spiro atoms. The average molecular weight is 268 g/mol. The molecule has 2 aliphatic rings. The van der Waals surface area contributed by atoms with Gasteiger partial charge in [0.05, 0.1) is 12.1 Å². The Hall–Kier alpha value is -1.14. The molecule has 0 atom stereocenters. The molecule has 1 heterocycles. The van der Waals surface area contributed by atoms with Crippen molar-refractivity contribution >= 4 is 11.8 Å². The van der Waals surface area contributed by atoms with Gasteiger partial charge in [-0.2, -0.15) is 0 Å². The molecule has 1 saturated heterocycles. The van der Waals surface area contributed by atoms with E-state index in [1.807, 2.05) is 4.90 Å². The van der Waals surface area contributed by atoms with Gasteiger partial charge in [0.25, 0.3) is 0 Å². The van der Waals surface area contributed by atoms with E-state index in [-0.39, 0.29) is 11.8 Å². The number of nitrogens with zero attached hydrogens (tertiary/aromatic N) is 3. The second kappa shape index (κ2) is 5.46. The monoisotopic (exact) mass is 268 g/mol. The summed E-state index contributed by atoms with van der Waals surface area (Å²) in [7, 11) is 3.52. The van der Waals surface area contributed by atoms with Crippen LogP contribution in [0.2, 0.25) is 0 Å². The fourth-order valence-corrected chi connectivity index (χ4v) is 2.53. The number of amides is 2. The fraction of sp³-hybridized carbons (Fsp3) is 0.846. The first kappa shape index (κ1) is 14.3. The Morgan fingerprint density at radius 1 is 1.16 bits per heavy atom. The van der Waals surface area contributed by atoms with E-state index in [9.17, 15) is 9.59 Å². The van der Waals surface area contributed by atoms with Gasteiger partial charge in [0.1, 0.15) is 0 Å². The van der Waals surface area contributed by atoms with Crippen LogP contribution in [0, 0.1) is 0 Å². The Balaban J connectivity index is 1.79. The minimum absolute atomic E-state index is 0.0948. The Labute approximate surface area is 114 Å². The summed E-state index contributed by atoms with van der Waals surface area (Å²) in [6, 6.07) is 0. The molecule has 0 aromatic carbocycles. The normalized spacial score (nSPS) is 22.8. The zero-order valence-corrected chi connectivity index (χ0v) is 11.9. The summed E-state index contributed by atoms with van der Waals surface area (Å²) in [6.07, 6.45) is 2.68. The molecule has 108 valence electrons. The maximum Gasteiger partial charge on any atom is 0.242 e. The largest absolute Gasteiger partial charge is 0.348 e. The summed E-state index contributed by atoms with van der Waals surface area (Å²) in [5.74, 6) is 0.200. The zero-order valence-electron chi connectivity index (χ0n) is 11.9. The first-order chi connectivity index (χ1) is 8.92. The lowest BCUT2D eigenvalue weighted by Gasteiger charge is -2.43. The molecular weight excluding hydrogens is 244 g/mol. The molecule has 1 aliphatic heterocycles. The fourth-order valence-electron chi connectivity index (χ4n) is 2.53. The summed E-state index contributed by atoms with van der Waals surface area (Å²) >= 11 is 0. The zero-order chi connectivity index (χ0) is 14.0. The molecule has 2 amide bonds. The molecule has 1 saturated carbocycles. The number of piperazine rings is 1. The third-order valence-electron chi connectivity index (χ3n) is 4.19. The highest BCUT2D eigenvalue weighted by Crippen LogP contribution is 2.31. The molecular formula is C13H24N4O2. The second-order valence-corrected chi connectivity index (χ2v) is 5.87. The van der Waals surface area contributed by atoms with Crippen LogP contribution in [0.15, 0.2) is 0 Å². The first-order valence-corrected chi connectivity index (χ1v) is 6.93. The average Bonchev–Trinajstić information content (AvgIpc) is 2.36. The van der Waals surface area contributed by atoms with Crippen LogP contribution in [0.1, 0.15) is 19.3 Å². The van der Waals surface area contributed by atoms with Gasteiger partial charge >= 0.3 is 0 Å². The van der Waals surface area contributed by atoms with E-state index in [1.54, 1.807) is 19.0 Å². The lowest BCUT2D eigenvalue weighted by atomic mass is 9.76. The Bertz CT molecular complexity index is 358. The number of carbonyl (C=O) groups is 2. The lowest BCUT2D eigenvalue weighted by Crippen LogP contribution is -2.62.